The Balaban J connectivity index is 1.36. The molecule has 0 aliphatic carbocycles. The first-order valence-electron chi connectivity index (χ1n) is 14.7. The summed E-state index contributed by atoms with van der Waals surface area (Å²) in [6.45, 7) is 11.0. The zero-order valence-electron chi connectivity index (χ0n) is 24.8. The number of hydrogen-bond donors (Lipinski definition) is 3. The topological polar surface area (TPSA) is 108 Å². The summed E-state index contributed by atoms with van der Waals surface area (Å²) < 4.78 is 6.83. The lowest BCUT2D eigenvalue weighted by Gasteiger charge is -2.27. The molecule has 3 heterocycles. The van der Waals surface area contributed by atoms with Crippen LogP contribution in [0.15, 0.2) is 36.4 Å². The van der Waals surface area contributed by atoms with Crippen LogP contribution in [0, 0.1) is 0 Å². The summed E-state index contributed by atoms with van der Waals surface area (Å²) in [6, 6.07) is 11.8. The molecule has 0 bridgehead atoms. The molecular weight excluding hydrogens is 536 g/mol. The zero-order chi connectivity index (χ0) is 29.2. The van der Waals surface area contributed by atoms with Gasteiger partial charge in [0.15, 0.2) is 5.13 Å². The van der Waals surface area contributed by atoms with Crippen LogP contribution in [0.3, 0.4) is 0 Å². The standard InChI is InChI=1S/C31H44N6O3S/c1-22(38)32-18-21-37(19-8-7-11-24-15-14-23-10-9-17-33-28(23)34-24)20-16-26(29(39)40-31(2,3)4)36-30-35-25-12-5-6-13-27(25)41-30/h5-6,12-15,26H,7-11,16-21H2,1-4H3,(H,32,38)(H,33,34)(H,35,36). The van der Waals surface area contributed by atoms with Gasteiger partial charge < -0.3 is 25.6 Å². The Bertz CT molecular complexity index is 1270. The normalized spacial score (nSPS) is 13.9. The van der Waals surface area contributed by atoms with Crippen molar-refractivity contribution in [3.05, 3.63) is 47.7 Å². The quantitative estimate of drug-likeness (QED) is 0.180. The van der Waals surface area contributed by atoms with E-state index in [1.54, 1.807) is 0 Å². The minimum Gasteiger partial charge on any atom is -0.458 e. The van der Waals surface area contributed by atoms with Crippen molar-refractivity contribution < 1.29 is 14.3 Å². The molecule has 222 valence electrons. The van der Waals surface area contributed by atoms with Crippen molar-refractivity contribution in [1.82, 2.24) is 20.2 Å². The van der Waals surface area contributed by atoms with Crippen molar-refractivity contribution >= 4 is 44.4 Å². The summed E-state index contributed by atoms with van der Waals surface area (Å²) in [5.74, 6) is 0.714. The predicted octanol–water partition coefficient (Wildman–Crippen LogP) is 5.02. The van der Waals surface area contributed by atoms with Crippen molar-refractivity contribution in [2.45, 2.75) is 77.9 Å². The van der Waals surface area contributed by atoms with E-state index in [9.17, 15) is 9.59 Å². The van der Waals surface area contributed by atoms with Crippen LogP contribution in [0.4, 0.5) is 10.9 Å². The maximum absolute atomic E-state index is 13.2. The Kier molecular flexibility index (Phi) is 10.9. The van der Waals surface area contributed by atoms with Gasteiger partial charge in [0, 0.05) is 38.8 Å². The number of esters is 1. The first-order chi connectivity index (χ1) is 19.7. The number of rotatable bonds is 14. The summed E-state index contributed by atoms with van der Waals surface area (Å²) in [4.78, 5) is 36.5. The molecule has 0 saturated heterocycles. The molecule has 1 aliphatic rings. The van der Waals surface area contributed by atoms with E-state index in [4.69, 9.17) is 9.72 Å². The molecule has 4 rings (SSSR count). The van der Waals surface area contributed by atoms with E-state index >= 15 is 0 Å². The largest absolute Gasteiger partial charge is 0.458 e. The molecule has 0 fully saturated rings. The Labute approximate surface area is 247 Å². The molecule has 0 spiro atoms. The van der Waals surface area contributed by atoms with Gasteiger partial charge in [0.25, 0.3) is 0 Å². The van der Waals surface area contributed by atoms with Crippen molar-refractivity contribution in [1.29, 1.82) is 0 Å². The van der Waals surface area contributed by atoms with E-state index in [-0.39, 0.29) is 11.9 Å². The van der Waals surface area contributed by atoms with E-state index in [1.165, 1.54) is 23.8 Å². The van der Waals surface area contributed by atoms with Crippen LogP contribution in [0.5, 0.6) is 0 Å². The molecule has 9 nitrogen and oxygen atoms in total. The summed E-state index contributed by atoms with van der Waals surface area (Å²) >= 11 is 1.53. The molecule has 2 aromatic heterocycles. The molecule has 10 heteroatoms. The number of carbonyl (C=O) groups excluding carboxylic acids is 2. The maximum atomic E-state index is 13.2. The number of benzene rings is 1. The number of para-hydroxylation sites is 1. The number of ether oxygens (including phenoxy) is 1. The molecular formula is C31H44N6O3S. The first kappa shape index (κ1) is 30.7. The number of hydrogen-bond acceptors (Lipinski definition) is 9. The number of anilines is 2. The van der Waals surface area contributed by atoms with E-state index < -0.39 is 11.6 Å². The number of amides is 1. The Hall–Kier alpha value is -3.24. The van der Waals surface area contributed by atoms with Gasteiger partial charge in [-0.1, -0.05) is 29.5 Å². The minimum atomic E-state index is -0.587. The number of carbonyl (C=O) groups is 2. The fourth-order valence-electron chi connectivity index (χ4n) is 4.89. The molecule has 3 aromatic rings. The van der Waals surface area contributed by atoms with E-state index in [0.29, 0.717) is 31.2 Å². The Morgan fingerprint density at radius 1 is 1.10 bits per heavy atom. The molecule has 3 N–H and O–H groups in total. The van der Waals surface area contributed by atoms with Crippen LogP contribution >= 0.6 is 11.3 Å². The van der Waals surface area contributed by atoms with Gasteiger partial charge in [-0.3, -0.25) is 4.79 Å². The highest BCUT2D eigenvalue weighted by atomic mass is 32.1. The minimum absolute atomic E-state index is 0.0406. The number of thiazole rings is 1. The van der Waals surface area contributed by atoms with Crippen LogP contribution in [0.25, 0.3) is 10.2 Å². The van der Waals surface area contributed by atoms with Gasteiger partial charge in [-0.15, -0.1) is 0 Å². The average Bonchev–Trinajstić information content (AvgIpc) is 3.34. The van der Waals surface area contributed by atoms with Crippen molar-refractivity contribution in [2.24, 2.45) is 0 Å². The summed E-state index contributed by atoms with van der Waals surface area (Å²) in [5, 5.41) is 10.4. The fourth-order valence-corrected chi connectivity index (χ4v) is 5.81. The van der Waals surface area contributed by atoms with Gasteiger partial charge in [-0.05, 0) is 89.6 Å². The van der Waals surface area contributed by atoms with Gasteiger partial charge in [0.1, 0.15) is 17.5 Å². The second-order valence-electron chi connectivity index (χ2n) is 11.6. The second kappa shape index (κ2) is 14.6. The number of fused-ring (bicyclic) bond motifs is 2. The summed E-state index contributed by atoms with van der Waals surface area (Å²) in [5.41, 5.74) is 2.75. The van der Waals surface area contributed by atoms with Gasteiger partial charge in [0.05, 0.1) is 10.2 Å². The lowest BCUT2D eigenvalue weighted by Crippen LogP contribution is -2.41. The van der Waals surface area contributed by atoms with Crippen molar-refractivity contribution in [3.63, 3.8) is 0 Å². The van der Waals surface area contributed by atoms with E-state index in [0.717, 1.165) is 66.9 Å². The average molecular weight is 581 g/mol. The second-order valence-corrected chi connectivity index (χ2v) is 12.7. The van der Waals surface area contributed by atoms with E-state index in [2.05, 4.69) is 38.0 Å². The summed E-state index contributed by atoms with van der Waals surface area (Å²) in [6.07, 6.45) is 5.75. The third kappa shape index (κ3) is 9.97. The third-order valence-electron chi connectivity index (χ3n) is 6.93. The van der Waals surface area contributed by atoms with Crippen LogP contribution in [-0.2, 0) is 27.2 Å². The molecule has 1 aliphatic heterocycles. The molecule has 41 heavy (non-hydrogen) atoms. The van der Waals surface area contributed by atoms with Crippen molar-refractivity contribution in [3.8, 4) is 0 Å². The number of unbranched alkanes of at least 4 members (excludes halogenated alkanes) is 1. The third-order valence-corrected chi connectivity index (χ3v) is 7.90. The SMILES string of the molecule is CC(=O)NCCN(CCCCc1ccc2c(n1)NCCC2)CCC(Nc1nc2ccccc2s1)C(=O)OC(C)(C)C. The summed E-state index contributed by atoms with van der Waals surface area (Å²) in [7, 11) is 0. The highest BCUT2D eigenvalue weighted by molar-refractivity contribution is 7.22. The lowest BCUT2D eigenvalue weighted by atomic mass is 10.1. The number of aromatic nitrogens is 2. The van der Waals surface area contributed by atoms with E-state index in [1.807, 2.05) is 45.0 Å². The van der Waals surface area contributed by atoms with Crippen LogP contribution in [0.1, 0.15) is 64.6 Å². The molecule has 0 radical (unpaired) electrons. The van der Waals surface area contributed by atoms with Gasteiger partial charge >= 0.3 is 5.97 Å². The molecule has 1 aromatic carbocycles. The molecule has 1 unspecified atom stereocenters. The number of nitrogens with one attached hydrogen (secondary N) is 3. The molecule has 0 saturated carbocycles. The highest BCUT2D eigenvalue weighted by Crippen LogP contribution is 2.27. The monoisotopic (exact) mass is 580 g/mol. The maximum Gasteiger partial charge on any atom is 0.329 e. The predicted molar refractivity (Wildman–Crippen MR) is 167 cm³/mol. The Morgan fingerprint density at radius 2 is 1.93 bits per heavy atom. The van der Waals surface area contributed by atoms with Gasteiger partial charge in [-0.25, -0.2) is 14.8 Å². The number of aryl methyl sites for hydroxylation is 2. The lowest BCUT2D eigenvalue weighted by molar-refractivity contribution is -0.156. The van der Waals surface area contributed by atoms with Crippen molar-refractivity contribution in [2.75, 3.05) is 43.4 Å². The molecule has 1 atom stereocenters. The number of nitrogens with zero attached hydrogens (tertiary/aromatic N) is 3. The number of pyridine rings is 1. The Morgan fingerprint density at radius 3 is 2.71 bits per heavy atom. The zero-order valence-corrected chi connectivity index (χ0v) is 25.6. The molecule has 1 amide bonds. The van der Waals surface area contributed by atoms with Crippen LogP contribution < -0.4 is 16.0 Å². The van der Waals surface area contributed by atoms with Crippen LogP contribution in [-0.4, -0.2) is 71.1 Å². The fraction of sp³-hybridized carbons (Fsp3) is 0.548. The van der Waals surface area contributed by atoms with Gasteiger partial charge in [0.2, 0.25) is 5.91 Å². The van der Waals surface area contributed by atoms with Crippen LogP contribution in [0.2, 0.25) is 0 Å². The van der Waals surface area contributed by atoms with Gasteiger partial charge in [-0.2, -0.15) is 0 Å². The highest BCUT2D eigenvalue weighted by Gasteiger charge is 2.27. The smallest absolute Gasteiger partial charge is 0.329 e. The first-order valence-corrected chi connectivity index (χ1v) is 15.5.